The maximum absolute atomic E-state index is 9.75. The molecular formula is C34H36BClF4N2P2Pd-. The van der Waals surface area contributed by atoms with E-state index in [1.54, 1.807) is 10.1 Å². The Labute approximate surface area is 278 Å². The van der Waals surface area contributed by atoms with Gasteiger partial charge in [0.15, 0.2) is 0 Å². The van der Waals surface area contributed by atoms with Crippen LogP contribution in [0.5, 0.6) is 0 Å². The fraction of sp³-hybridized carbons (Fsp3) is 0.0882. The van der Waals surface area contributed by atoms with Gasteiger partial charge < -0.3 is 23.4 Å². The van der Waals surface area contributed by atoms with Crippen molar-refractivity contribution in [2.24, 2.45) is 0 Å². The quantitative estimate of drug-likeness (QED) is 0.0931. The van der Waals surface area contributed by atoms with Crippen LogP contribution in [0.25, 0.3) is 0 Å². The molecule has 5 aromatic carbocycles. The molecule has 0 atom stereocenters. The molecule has 0 heterocycles. The minimum absolute atomic E-state index is 0. The normalized spacial score (nSPS) is 10.5. The van der Waals surface area contributed by atoms with Gasteiger partial charge in [0.2, 0.25) is 0 Å². The zero-order valence-corrected chi connectivity index (χ0v) is 28.9. The van der Waals surface area contributed by atoms with Crippen LogP contribution in [0.3, 0.4) is 0 Å². The molecule has 45 heavy (non-hydrogen) atoms. The summed E-state index contributed by atoms with van der Waals surface area (Å²) in [4.78, 5) is 0. The van der Waals surface area contributed by atoms with E-state index in [0.29, 0.717) is 0 Å². The first-order chi connectivity index (χ1) is 20.8. The van der Waals surface area contributed by atoms with Crippen LogP contribution in [-0.2, 0) is 16.8 Å². The second-order valence-electron chi connectivity index (χ2n) is 8.76. The molecule has 0 aliphatic rings. The summed E-state index contributed by atoms with van der Waals surface area (Å²) in [7, 11) is -6.84. The van der Waals surface area contributed by atoms with E-state index in [2.05, 4.69) is 152 Å². The Morgan fingerprint density at radius 2 is 0.733 bits per heavy atom. The maximum atomic E-state index is 9.75. The van der Waals surface area contributed by atoms with Crippen molar-refractivity contribution in [2.75, 3.05) is 9.27 Å². The molecule has 241 valence electrons. The van der Waals surface area contributed by atoms with Crippen LogP contribution in [0.4, 0.5) is 17.3 Å². The molecule has 0 saturated heterocycles. The summed E-state index contributed by atoms with van der Waals surface area (Å²) in [6.07, 6.45) is 0. The van der Waals surface area contributed by atoms with E-state index in [9.17, 15) is 17.3 Å². The number of nitrogens with zero attached hydrogens (tertiary/aromatic N) is 1. The number of hydrogen-bond acceptors (Lipinski definition) is 2. The summed E-state index contributed by atoms with van der Waals surface area (Å²) >= 11 is -1.04. The molecule has 11 heteroatoms. The predicted molar refractivity (Wildman–Crippen MR) is 188 cm³/mol. The Morgan fingerprint density at radius 1 is 0.533 bits per heavy atom. The van der Waals surface area contributed by atoms with Crippen LogP contribution in [0.1, 0.15) is 6.92 Å². The third kappa shape index (κ3) is 14.9. The van der Waals surface area contributed by atoms with Gasteiger partial charge in [-0.3, -0.25) is 0 Å². The van der Waals surface area contributed by atoms with Crippen LogP contribution >= 0.6 is 28.3 Å². The molecule has 0 aliphatic heterocycles. The standard InChI is InChI=1S/2C13H12P.C6H5.C2H3N.BF4.ClH.H3N.Pd/c2*1-14(12-8-4-2-5-9-12)13-10-6-3-7-11-13;1-2-4-6-5-3-1;1-2-3;2-1(3,4)5;;;/h2*2-11H,1H2;1-5H;1H3;;1H;1H3;/q;;;;-1;;;. The zero-order chi connectivity index (χ0) is 30.9. The van der Waals surface area contributed by atoms with Crippen molar-refractivity contribution in [2.45, 2.75) is 6.92 Å². The number of hydrogen-bond donors (Lipinski definition) is 1. The third-order valence-corrected chi connectivity index (χ3v) is 18.6. The fourth-order valence-corrected chi connectivity index (χ4v) is 19.2. The molecule has 3 N–H and O–H groups in total. The van der Waals surface area contributed by atoms with Crippen LogP contribution in [-0.4, -0.2) is 16.5 Å². The summed E-state index contributed by atoms with van der Waals surface area (Å²) in [5.74, 6) is 0. The Kier molecular flexibility index (Phi) is 19.5. The molecule has 0 saturated carbocycles. The van der Waals surface area contributed by atoms with Gasteiger partial charge in [0, 0.05) is 6.92 Å². The van der Waals surface area contributed by atoms with Gasteiger partial charge in [-0.25, -0.2) is 0 Å². The number of nitriles is 1. The molecule has 0 amide bonds. The van der Waals surface area contributed by atoms with Crippen LogP contribution in [0.2, 0.25) is 0 Å². The molecule has 0 aliphatic carbocycles. The van der Waals surface area contributed by atoms with Gasteiger partial charge in [-0.05, 0) is 0 Å². The fourth-order valence-electron chi connectivity index (χ4n) is 3.90. The molecular weight excluding hydrogens is 727 g/mol. The summed E-state index contributed by atoms with van der Waals surface area (Å²) < 4.78 is 43.1. The van der Waals surface area contributed by atoms with Gasteiger partial charge in [-0.1, -0.05) is 0 Å². The third-order valence-electron chi connectivity index (χ3n) is 5.68. The Bertz CT molecular complexity index is 1330. The van der Waals surface area contributed by atoms with Crippen molar-refractivity contribution in [3.63, 3.8) is 0 Å². The van der Waals surface area contributed by atoms with Crippen molar-refractivity contribution >= 4 is 60.8 Å². The van der Waals surface area contributed by atoms with Crippen molar-refractivity contribution < 1.29 is 34.0 Å². The number of halogens is 5. The number of benzene rings is 5. The molecule has 0 aromatic heterocycles. The summed E-state index contributed by atoms with van der Waals surface area (Å²) in [6, 6.07) is 57.9. The molecule has 0 bridgehead atoms. The second-order valence-corrected chi connectivity index (χ2v) is 18.7. The van der Waals surface area contributed by atoms with Crippen molar-refractivity contribution in [1.82, 2.24) is 6.15 Å². The van der Waals surface area contributed by atoms with Gasteiger partial charge in [0.05, 0.1) is 6.07 Å². The van der Waals surface area contributed by atoms with Gasteiger partial charge in [-0.15, -0.1) is 12.4 Å². The van der Waals surface area contributed by atoms with Crippen LogP contribution < -0.4 is 31.4 Å². The molecule has 2 nitrogen and oxygen atoms in total. The topological polar surface area (TPSA) is 58.8 Å². The molecule has 0 unspecified atom stereocenters. The minimum atomic E-state index is -6.00. The van der Waals surface area contributed by atoms with E-state index in [-0.39, 0.29) is 18.6 Å². The Morgan fingerprint density at radius 3 is 0.956 bits per heavy atom. The van der Waals surface area contributed by atoms with E-state index < -0.39 is 39.9 Å². The van der Waals surface area contributed by atoms with Crippen molar-refractivity contribution in [3.8, 4) is 6.07 Å². The van der Waals surface area contributed by atoms with Crippen LogP contribution in [0.15, 0.2) is 152 Å². The summed E-state index contributed by atoms with van der Waals surface area (Å²) in [5.41, 5.74) is 0. The second kappa shape index (κ2) is 21.8. The first kappa shape index (κ1) is 40.2. The Hall–Kier alpha value is -2.85. The van der Waals surface area contributed by atoms with E-state index in [1.165, 1.54) is 37.4 Å². The van der Waals surface area contributed by atoms with Gasteiger partial charge in [0.25, 0.3) is 0 Å². The van der Waals surface area contributed by atoms with E-state index in [0.717, 1.165) is 0 Å². The molecule has 5 aromatic rings. The van der Waals surface area contributed by atoms with Gasteiger partial charge in [0.1, 0.15) is 0 Å². The van der Waals surface area contributed by atoms with Crippen LogP contribution in [0, 0.1) is 11.3 Å². The average molecular weight is 763 g/mol. The monoisotopic (exact) mass is 762 g/mol. The Balaban J connectivity index is 0.000000911. The van der Waals surface area contributed by atoms with Crippen molar-refractivity contribution in [3.05, 3.63) is 152 Å². The van der Waals surface area contributed by atoms with E-state index >= 15 is 0 Å². The first-order valence-electron chi connectivity index (χ1n) is 13.3. The summed E-state index contributed by atoms with van der Waals surface area (Å²) in [6.45, 7) is 1.43. The molecule has 0 fully saturated rings. The zero-order valence-electron chi connectivity index (χ0n) is 24.7. The molecule has 0 spiro atoms. The SMILES string of the molecule is CC#N.Cl.F[B-](F)(F)F.N.c1ccc(P([CH2][Pd]([CH2]P(c2ccccc2)c2ccccc2)[c]2ccccc2)c2ccccc2)cc1. The molecule has 0 radical (unpaired) electrons. The van der Waals surface area contributed by atoms with E-state index in [4.69, 9.17) is 5.26 Å². The van der Waals surface area contributed by atoms with Crippen molar-refractivity contribution in [1.29, 1.82) is 5.26 Å². The average Bonchev–Trinajstić information content (AvgIpc) is 3.03. The first-order valence-corrected chi connectivity index (χ1v) is 19.3. The van der Waals surface area contributed by atoms with Gasteiger partial charge in [-0.2, -0.15) is 5.26 Å². The van der Waals surface area contributed by atoms with E-state index in [1.807, 2.05) is 0 Å². The summed E-state index contributed by atoms with van der Waals surface area (Å²) in [5, 5.41) is 13.3. The molecule has 5 rings (SSSR count). The predicted octanol–water partition coefficient (Wildman–Crippen LogP) is 8.52. The van der Waals surface area contributed by atoms with Gasteiger partial charge >= 0.3 is 226 Å². The number of rotatable bonds is 9.